The van der Waals surface area contributed by atoms with Crippen molar-refractivity contribution in [2.24, 2.45) is 10.9 Å². The van der Waals surface area contributed by atoms with E-state index in [-0.39, 0.29) is 11.7 Å². The first-order chi connectivity index (χ1) is 12.0. The van der Waals surface area contributed by atoms with Gasteiger partial charge in [-0.2, -0.15) is 5.26 Å². The van der Waals surface area contributed by atoms with Gasteiger partial charge in [0.25, 0.3) is 0 Å². The molecule has 25 heavy (non-hydrogen) atoms. The number of aliphatic imine (C=N–C) groups is 1. The molecule has 0 spiro atoms. The number of carbonyl (C=O) groups is 1. The predicted molar refractivity (Wildman–Crippen MR) is 99.8 cm³/mol. The number of amidine groups is 1. The molecule has 6 nitrogen and oxygen atoms in total. The molecule has 0 aliphatic carbocycles. The summed E-state index contributed by atoms with van der Waals surface area (Å²) < 4.78 is 10.6. The zero-order valence-electron chi connectivity index (χ0n) is 15.0. The summed E-state index contributed by atoms with van der Waals surface area (Å²) >= 11 is 1.53. The standard InChI is InChI=1S/C18H23N3O3S/c1-12(22)13-5-7-21(8-6-13)18(25-4)20-15-10-17(24-3)16(23-2)9-14(15)11-19/h9-10,13H,5-8H2,1-4H3. The van der Waals surface area contributed by atoms with E-state index in [4.69, 9.17) is 9.47 Å². The van der Waals surface area contributed by atoms with E-state index in [1.165, 1.54) is 18.9 Å². The minimum absolute atomic E-state index is 0.148. The molecule has 2 rings (SSSR count). The Morgan fingerprint density at radius 3 is 2.36 bits per heavy atom. The van der Waals surface area contributed by atoms with Gasteiger partial charge in [0.05, 0.1) is 25.5 Å². The molecule has 0 bridgehead atoms. The predicted octanol–water partition coefficient (Wildman–Crippen LogP) is 3.23. The summed E-state index contributed by atoms with van der Waals surface area (Å²) in [7, 11) is 3.09. The van der Waals surface area contributed by atoms with Gasteiger partial charge in [-0.3, -0.25) is 4.79 Å². The maximum absolute atomic E-state index is 11.5. The number of ketones is 1. The van der Waals surface area contributed by atoms with Gasteiger partial charge in [-0.15, -0.1) is 0 Å². The Hall–Kier alpha value is -2.20. The lowest BCUT2D eigenvalue weighted by Crippen LogP contribution is -2.38. The van der Waals surface area contributed by atoms with Crippen LogP contribution in [0, 0.1) is 17.2 Å². The van der Waals surface area contributed by atoms with E-state index in [0.717, 1.165) is 31.1 Å². The highest BCUT2D eigenvalue weighted by molar-refractivity contribution is 8.13. The Morgan fingerprint density at radius 1 is 1.28 bits per heavy atom. The van der Waals surface area contributed by atoms with Crippen molar-refractivity contribution in [1.82, 2.24) is 4.90 Å². The van der Waals surface area contributed by atoms with E-state index in [9.17, 15) is 10.1 Å². The lowest BCUT2D eigenvalue weighted by atomic mass is 9.94. The molecule has 1 fully saturated rings. The molecule has 0 atom stereocenters. The van der Waals surface area contributed by atoms with Crippen LogP contribution in [-0.2, 0) is 4.79 Å². The fourth-order valence-corrected chi connectivity index (χ4v) is 3.51. The van der Waals surface area contributed by atoms with Crippen LogP contribution in [0.4, 0.5) is 5.69 Å². The second-order valence-corrected chi connectivity index (χ2v) is 6.58. The normalized spacial score (nSPS) is 15.6. The van der Waals surface area contributed by atoms with E-state index in [2.05, 4.69) is 16.0 Å². The van der Waals surface area contributed by atoms with E-state index >= 15 is 0 Å². The van der Waals surface area contributed by atoms with Crippen molar-refractivity contribution in [3.05, 3.63) is 17.7 Å². The van der Waals surface area contributed by atoms with Crippen molar-refractivity contribution < 1.29 is 14.3 Å². The minimum atomic E-state index is 0.148. The number of nitriles is 1. The third-order valence-electron chi connectivity index (χ3n) is 4.36. The first-order valence-electron chi connectivity index (χ1n) is 8.08. The average molecular weight is 361 g/mol. The maximum Gasteiger partial charge on any atom is 0.164 e. The monoisotopic (exact) mass is 361 g/mol. The highest BCUT2D eigenvalue weighted by atomic mass is 32.2. The highest BCUT2D eigenvalue weighted by Gasteiger charge is 2.24. The number of carbonyl (C=O) groups excluding carboxylic acids is 1. The molecule has 0 amide bonds. The molecule has 1 aromatic carbocycles. The molecule has 1 aliphatic rings. The van der Waals surface area contributed by atoms with E-state index in [1.807, 2.05) is 6.26 Å². The zero-order valence-corrected chi connectivity index (χ0v) is 15.9. The number of benzene rings is 1. The van der Waals surface area contributed by atoms with Crippen molar-refractivity contribution in [1.29, 1.82) is 5.26 Å². The van der Waals surface area contributed by atoms with Gasteiger partial charge < -0.3 is 14.4 Å². The van der Waals surface area contributed by atoms with E-state index in [1.54, 1.807) is 26.2 Å². The molecule has 1 aromatic rings. The number of thioether (sulfide) groups is 1. The summed E-state index contributed by atoms with van der Waals surface area (Å²) in [5, 5.41) is 10.3. The average Bonchev–Trinajstić information content (AvgIpc) is 2.65. The number of Topliss-reactive ketones (excluding diaryl/α,β-unsaturated/α-hetero) is 1. The third kappa shape index (κ3) is 4.45. The van der Waals surface area contributed by atoms with Crippen molar-refractivity contribution in [3.63, 3.8) is 0 Å². The summed E-state index contributed by atoms with van der Waals surface area (Å²) in [5.41, 5.74) is 0.987. The summed E-state index contributed by atoms with van der Waals surface area (Å²) in [5.74, 6) is 1.45. The largest absolute Gasteiger partial charge is 0.493 e. The van der Waals surface area contributed by atoms with Crippen LogP contribution < -0.4 is 9.47 Å². The highest BCUT2D eigenvalue weighted by Crippen LogP contribution is 2.35. The molecule has 134 valence electrons. The van der Waals surface area contributed by atoms with Crippen LogP contribution in [0.1, 0.15) is 25.3 Å². The molecule has 1 aliphatic heterocycles. The SMILES string of the molecule is COc1cc(C#N)c(N=C(SC)N2CCC(C(C)=O)CC2)cc1OC. The van der Waals surface area contributed by atoms with Crippen molar-refractivity contribution >= 4 is 28.4 Å². The van der Waals surface area contributed by atoms with Gasteiger partial charge in [-0.25, -0.2) is 4.99 Å². The van der Waals surface area contributed by atoms with E-state index in [0.29, 0.717) is 22.7 Å². The molecule has 0 saturated carbocycles. The molecule has 7 heteroatoms. The number of hydrogen-bond acceptors (Lipinski definition) is 6. The second kappa shape index (κ2) is 8.77. The van der Waals surface area contributed by atoms with Gasteiger partial charge in [0.2, 0.25) is 0 Å². The van der Waals surface area contributed by atoms with Gasteiger partial charge in [0.15, 0.2) is 16.7 Å². The molecule has 0 unspecified atom stereocenters. The quantitative estimate of drug-likeness (QED) is 0.605. The van der Waals surface area contributed by atoms with Crippen LogP contribution >= 0.6 is 11.8 Å². The lowest BCUT2D eigenvalue weighted by molar-refractivity contribution is -0.121. The molecule has 1 saturated heterocycles. The fourth-order valence-electron chi connectivity index (χ4n) is 2.88. The van der Waals surface area contributed by atoms with Crippen LogP contribution in [0.2, 0.25) is 0 Å². The fraction of sp³-hybridized carbons (Fsp3) is 0.500. The Balaban J connectivity index is 2.30. The molecule has 0 N–H and O–H groups in total. The Labute approximate surface area is 152 Å². The topological polar surface area (TPSA) is 74.9 Å². The maximum atomic E-state index is 11.5. The van der Waals surface area contributed by atoms with Crippen molar-refractivity contribution in [3.8, 4) is 17.6 Å². The summed E-state index contributed by atoms with van der Waals surface area (Å²) in [4.78, 5) is 18.4. The van der Waals surface area contributed by atoms with Gasteiger partial charge in [-0.05, 0) is 26.0 Å². The number of ether oxygens (including phenoxy) is 2. The van der Waals surface area contributed by atoms with Crippen LogP contribution in [0.3, 0.4) is 0 Å². The first-order valence-corrected chi connectivity index (χ1v) is 9.30. The third-order valence-corrected chi connectivity index (χ3v) is 5.08. The first kappa shape index (κ1) is 19.1. The Bertz CT molecular complexity index is 704. The van der Waals surface area contributed by atoms with Gasteiger partial charge in [0, 0.05) is 31.1 Å². The van der Waals surface area contributed by atoms with Crippen LogP contribution in [0.15, 0.2) is 17.1 Å². The van der Waals surface area contributed by atoms with Crippen molar-refractivity contribution in [2.45, 2.75) is 19.8 Å². The lowest BCUT2D eigenvalue weighted by Gasteiger charge is -2.32. The van der Waals surface area contributed by atoms with Crippen LogP contribution in [-0.4, -0.2) is 49.4 Å². The number of nitrogens with zero attached hydrogens (tertiary/aromatic N) is 3. The molecule has 0 radical (unpaired) electrons. The number of rotatable bonds is 4. The van der Waals surface area contributed by atoms with Crippen molar-refractivity contribution in [2.75, 3.05) is 33.6 Å². The number of likely N-dealkylation sites (tertiary alicyclic amines) is 1. The molecule has 1 heterocycles. The number of piperidine rings is 1. The Morgan fingerprint density at radius 2 is 1.88 bits per heavy atom. The molecular weight excluding hydrogens is 338 g/mol. The van der Waals surface area contributed by atoms with Crippen LogP contribution in [0.5, 0.6) is 11.5 Å². The zero-order chi connectivity index (χ0) is 18.4. The van der Waals surface area contributed by atoms with Crippen LogP contribution in [0.25, 0.3) is 0 Å². The smallest absolute Gasteiger partial charge is 0.164 e. The van der Waals surface area contributed by atoms with E-state index < -0.39 is 0 Å². The summed E-state index contributed by atoms with van der Waals surface area (Å²) in [6.07, 6.45) is 3.64. The van der Waals surface area contributed by atoms with Gasteiger partial charge in [0.1, 0.15) is 11.9 Å². The van der Waals surface area contributed by atoms with Gasteiger partial charge >= 0.3 is 0 Å². The summed E-state index contributed by atoms with van der Waals surface area (Å²) in [6.45, 7) is 3.24. The Kier molecular flexibility index (Phi) is 6.71. The van der Waals surface area contributed by atoms with Gasteiger partial charge in [-0.1, -0.05) is 11.8 Å². The molecule has 0 aromatic heterocycles. The minimum Gasteiger partial charge on any atom is -0.493 e. The number of hydrogen-bond donors (Lipinski definition) is 0. The molecular formula is C18H23N3O3S. The second-order valence-electron chi connectivity index (χ2n) is 5.81. The summed E-state index contributed by atoms with van der Waals surface area (Å²) in [6, 6.07) is 5.52. The number of methoxy groups -OCH3 is 2.